The first kappa shape index (κ1) is 9.58. The molecule has 0 aliphatic carbocycles. The molecule has 3 nitrogen and oxygen atoms in total. The molecular formula is C10H12NO2. The van der Waals surface area contributed by atoms with Crippen LogP contribution in [-0.4, -0.2) is 5.91 Å². The molecule has 0 aromatic heterocycles. The fourth-order valence-electron chi connectivity index (χ4n) is 0.989. The number of anilines is 1. The number of amides is 1. The molecule has 1 aromatic carbocycles. The standard InChI is InChI=1S/C10H12NO2/c1-2-3-10(13)11-8-4-6-9(12)7-5-8/h4-7H,2-3H2,1H3,(H,11,13). The Kier molecular flexibility index (Phi) is 3.31. The van der Waals surface area contributed by atoms with Gasteiger partial charge >= 0.3 is 0 Å². The average Bonchev–Trinajstić information content (AvgIpc) is 2.09. The largest absolute Gasteiger partial charge is 0.326 e. The molecule has 0 unspecified atom stereocenters. The number of rotatable bonds is 3. The molecule has 13 heavy (non-hydrogen) atoms. The second kappa shape index (κ2) is 4.50. The lowest BCUT2D eigenvalue weighted by Gasteiger charge is -2.02. The highest BCUT2D eigenvalue weighted by atomic mass is 16.3. The second-order valence-corrected chi connectivity index (χ2v) is 2.82. The number of carbonyl (C=O) groups is 1. The van der Waals surface area contributed by atoms with Crippen LogP contribution in [0.4, 0.5) is 5.69 Å². The van der Waals surface area contributed by atoms with Crippen molar-refractivity contribution in [2.45, 2.75) is 19.8 Å². The minimum Gasteiger partial charge on any atom is -0.326 e. The predicted octanol–water partition coefficient (Wildman–Crippen LogP) is 2.57. The number of carbonyl (C=O) groups excluding carboxylic acids is 1. The monoisotopic (exact) mass is 178 g/mol. The molecule has 1 aromatic rings. The lowest BCUT2D eigenvalue weighted by atomic mass is 10.2. The van der Waals surface area contributed by atoms with Crippen LogP contribution in [0.25, 0.3) is 0 Å². The van der Waals surface area contributed by atoms with Gasteiger partial charge in [-0.1, -0.05) is 6.92 Å². The van der Waals surface area contributed by atoms with E-state index in [4.69, 9.17) is 0 Å². The highest BCUT2D eigenvalue weighted by Gasteiger charge is 1.99. The van der Waals surface area contributed by atoms with Gasteiger partial charge in [0.25, 0.3) is 0 Å². The van der Waals surface area contributed by atoms with Crippen LogP contribution >= 0.6 is 0 Å². The van der Waals surface area contributed by atoms with Gasteiger partial charge in [0, 0.05) is 12.1 Å². The zero-order chi connectivity index (χ0) is 9.68. The lowest BCUT2D eigenvalue weighted by molar-refractivity contribution is -0.116. The minimum absolute atomic E-state index is 0.0128. The molecular weight excluding hydrogens is 166 g/mol. The summed E-state index contributed by atoms with van der Waals surface area (Å²) in [5.41, 5.74) is 0.679. The van der Waals surface area contributed by atoms with Crippen molar-refractivity contribution >= 4 is 11.6 Å². The van der Waals surface area contributed by atoms with Gasteiger partial charge in [0.15, 0.2) is 5.75 Å². The number of hydrogen-bond acceptors (Lipinski definition) is 1. The van der Waals surface area contributed by atoms with Gasteiger partial charge in [0.05, 0.1) is 0 Å². The number of hydrogen-bond donors (Lipinski definition) is 1. The Morgan fingerprint density at radius 1 is 1.31 bits per heavy atom. The van der Waals surface area contributed by atoms with Crippen molar-refractivity contribution < 1.29 is 9.90 Å². The molecule has 0 spiro atoms. The van der Waals surface area contributed by atoms with Crippen LogP contribution in [0.2, 0.25) is 0 Å². The van der Waals surface area contributed by atoms with Crippen molar-refractivity contribution in [3.63, 3.8) is 0 Å². The van der Waals surface area contributed by atoms with Gasteiger partial charge in [-0.25, -0.2) is 0 Å². The summed E-state index contributed by atoms with van der Waals surface area (Å²) in [6.07, 6.45) is 1.34. The van der Waals surface area contributed by atoms with Gasteiger partial charge in [-0.05, 0) is 30.7 Å². The van der Waals surface area contributed by atoms with Crippen LogP contribution in [0.15, 0.2) is 24.3 Å². The quantitative estimate of drug-likeness (QED) is 0.759. The molecule has 69 valence electrons. The van der Waals surface area contributed by atoms with Gasteiger partial charge in [-0.15, -0.1) is 0 Å². The Hall–Kier alpha value is -1.51. The minimum atomic E-state index is -0.0477. The van der Waals surface area contributed by atoms with Crippen LogP contribution < -0.4 is 5.32 Å². The summed E-state index contributed by atoms with van der Waals surface area (Å²) in [5, 5.41) is 13.4. The molecule has 1 rings (SSSR count). The maximum absolute atomic E-state index is 11.1. The SMILES string of the molecule is CCCC(=O)Nc1ccc([O])cc1. The first-order valence-corrected chi connectivity index (χ1v) is 4.29. The first-order chi connectivity index (χ1) is 6.22. The summed E-state index contributed by atoms with van der Waals surface area (Å²) >= 11 is 0. The van der Waals surface area contributed by atoms with E-state index in [0.717, 1.165) is 6.42 Å². The third kappa shape index (κ3) is 3.15. The molecule has 0 heterocycles. The van der Waals surface area contributed by atoms with Crippen LogP contribution in [0.5, 0.6) is 5.75 Å². The zero-order valence-electron chi connectivity index (χ0n) is 7.54. The van der Waals surface area contributed by atoms with Crippen molar-refractivity contribution in [2.75, 3.05) is 5.32 Å². The van der Waals surface area contributed by atoms with E-state index in [0.29, 0.717) is 12.1 Å². The molecule has 0 bridgehead atoms. The topological polar surface area (TPSA) is 49.0 Å². The molecule has 0 fully saturated rings. The fourth-order valence-corrected chi connectivity index (χ4v) is 0.989. The Morgan fingerprint density at radius 3 is 2.46 bits per heavy atom. The van der Waals surface area contributed by atoms with Crippen molar-refractivity contribution in [3.8, 4) is 5.75 Å². The van der Waals surface area contributed by atoms with E-state index in [1.165, 1.54) is 12.1 Å². The van der Waals surface area contributed by atoms with Crippen LogP contribution in [0.3, 0.4) is 0 Å². The third-order valence-electron chi connectivity index (χ3n) is 1.62. The van der Waals surface area contributed by atoms with Crippen molar-refractivity contribution in [1.29, 1.82) is 0 Å². The highest BCUT2D eigenvalue weighted by Crippen LogP contribution is 2.14. The van der Waals surface area contributed by atoms with E-state index in [2.05, 4.69) is 5.32 Å². The van der Waals surface area contributed by atoms with E-state index in [1.807, 2.05) is 6.92 Å². The summed E-state index contributed by atoms with van der Waals surface area (Å²) in [5.74, 6) is -0.0605. The Labute approximate surface area is 77.4 Å². The molecule has 1 radical (unpaired) electrons. The molecule has 0 aliphatic heterocycles. The van der Waals surface area contributed by atoms with E-state index in [1.54, 1.807) is 12.1 Å². The zero-order valence-corrected chi connectivity index (χ0v) is 7.54. The molecule has 0 aliphatic rings. The smallest absolute Gasteiger partial charge is 0.224 e. The Balaban J connectivity index is 2.54. The summed E-state index contributed by atoms with van der Waals surface area (Å²) < 4.78 is 0. The van der Waals surface area contributed by atoms with E-state index >= 15 is 0 Å². The highest BCUT2D eigenvalue weighted by molar-refractivity contribution is 5.90. The molecule has 1 N–H and O–H groups in total. The molecule has 0 atom stereocenters. The fraction of sp³-hybridized carbons (Fsp3) is 0.300. The summed E-state index contributed by atoms with van der Waals surface area (Å²) in [6, 6.07) is 6.08. The van der Waals surface area contributed by atoms with Gasteiger partial charge in [0.1, 0.15) is 0 Å². The number of benzene rings is 1. The summed E-state index contributed by atoms with van der Waals surface area (Å²) in [6.45, 7) is 1.94. The maximum Gasteiger partial charge on any atom is 0.224 e. The number of nitrogens with one attached hydrogen (secondary N) is 1. The van der Waals surface area contributed by atoms with E-state index in [-0.39, 0.29) is 11.7 Å². The van der Waals surface area contributed by atoms with Gasteiger partial charge < -0.3 is 5.32 Å². The van der Waals surface area contributed by atoms with Crippen molar-refractivity contribution in [2.24, 2.45) is 0 Å². The van der Waals surface area contributed by atoms with Gasteiger partial charge in [-0.2, -0.15) is 0 Å². The van der Waals surface area contributed by atoms with Gasteiger partial charge in [-0.3, -0.25) is 9.90 Å². The summed E-state index contributed by atoms with van der Waals surface area (Å²) in [4.78, 5) is 11.1. The van der Waals surface area contributed by atoms with Crippen molar-refractivity contribution in [1.82, 2.24) is 0 Å². The molecule has 0 saturated heterocycles. The van der Waals surface area contributed by atoms with Crippen molar-refractivity contribution in [3.05, 3.63) is 24.3 Å². The Morgan fingerprint density at radius 2 is 1.92 bits per heavy atom. The van der Waals surface area contributed by atoms with Crippen LogP contribution in [0, 0.1) is 0 Å². The first-order valence-electron chi connectivity index (χ1n) is 4.29. The summed E-state index contributed by atoms with van der Waals surface area (Å²) in [7, 11) is 0. The van der Waals surface area contributed by atoms with E-state index < -0.39 is 0 Å². The normalized spacial score (nSPS) is 9.62. The lowest BCUT2D eigenvalue weighted by Crippen LogP contribution is -2.10. The average molecular weight is 178 g/mol. The third-order valence-corrected chi connectivity index (χ3v) is 1.62. The van der Waals surface area contributed by atoms with E-state index in [9.17, 15) is 9.90 Å². The molecule has 3 heteroatoms. The second-order valence-electron chi connectivity index (χ2n) is 2.82. The van der Waals surface area contributed by atoms with Crippen LogP contribution in [0.1, 0.15) is 19.8 Å². The van der Waals surface area contributed by atoms with Gasteiger partial charge in [0.2, 0.25) is 5.91 Å². The maximum atomic E-state index is 11.1. The molecule has 1 amide bonds. The predicted molar refractivity (Wildman–Crippen MR) is 50.1 cm³/mol. The molecule has 0 saturated carbocycles. The van der Waals surface area contributed by atoms with Crippen LogP contribution in [-0.2, 0) is 9.90 Å². The Bertz CT molecular complexity index is 279.